The van der Waals surface area contributed by atoms with Gasteiger partial charge in [-0.2, -0.15) is 0 Å². The first-order valence-electron chi connectivity index (χ1n) is 11.3. The van der Waals surface area contributed by atoms with Crippen LogP contribution in [0.5, 0.6) is 5.75 Å². The number of aryl methyl sites for hydroxylation is 1. The van der Waals surface area contributed by atoms with E-state index in [0.29, 0.717) is 30.7 Å². The van der Waals surface area contributed by atoms with Gasteiger partial charge in [0.05, 0.1) is 5.56 Å². The topological polar surface area (TPSA) is 49.8 Å². The van der Waals surface area contributed by atoms with Gasteiger partial charge >= 0.3 is 0 Å². The average Bonchev–Trinajstić information content (AvgIpc) is 2.78. The fourth-order valence-corrected chi connectivity index (χ4v) is 3.45. The van der Waals surface area contributed by atoms with Gasteiger partial charge < -0.3 is 14.7 Å². The van der Waals surface area contributed by atoms with Crippen molar-refractivity contribution in [1.29, 1.82) is 0 Å². The van der Waals surface area contributed by atoms with Gasteiger partial charge in [0.2, 0.25) is 0 Å². The van der Waals surface area contributed by atoms with Crippen LogP contribution >= 0.6 is 0 Å². The number of ether oxygens (including phenoxy) is 1. The molecule has 164 valence electrons. The van der Waals surface area contributed by atoms with E-state index in [0.717, 1.165) is 44.3 Å². The molecule has 1 unspecified atom stereocenters. The van der Waals surface area contributed by atoms with Crippen LogP contribution in [0.1, 0.15) is 61.9 Å². The number of hydrogen-bond donors (Lipinski definition) is 1. The van der Waals surface area contributed by atoms with E-state index in [1.165, 1.54) is 0 Å². The number of aliphatic hydroxyl groups is 1. The molecule has 0 radical (unpaired) electrons. The third-order valence-electron chi connectivity index (χ3n) is 5.23. The summed E-state index contributed by atoms with van der Waals surface area (Å²) in [6.07, 6.45) is 5.13. The molecular formula is C26H37NO3. The summed E-state index contributed by atoms with van der Waals surface area (Å²) in [5, 5.41) is 10.5. The maximum atomic E-state index is 12.7. The van der Waals surface area contributed by atoms with Gasteiger partial charge in [-0.25, -0.2) is 0 Å². The quantitative estimate of drug-likeness (QED) is 0.412. The predicted octanol–water partition coefficient (Wildman–Crippen LogP) is 5.14. The summed E-state index contributed by atoms with van der Waals surface area (Å²) in [4.78, 5) is 15.1. The minimum absolute atomic E-state index is 0.0662. The number of para-hydroxylation sites is 1. The minimum Gasteiger partial charge on any atom is -0.490 e. The van der Waals surface area contributed by atoms with Crippen LogP contribution in [0, 0.1) is 0 Å². The first-order chi connectivity index (χ1) is 14.6. The largest absolute Gasteiger partial charge is 0.490 e. The van der Waals surface area contributed by atoms with Crippen molar-refractivity contribution in [2.45, 2.75) is 58.5 Å². The molecule has 30 heavy (non-hydrogen) atoms. The van der Waals surface area contributed by atoms with Crippen molar-refractivity contribution in [3.05, 3.63) is 65.7 Å². The van der Waals surface area contributed by atoms with Crippen LogP contribution in [0.25, 0.3) is 0 Å². The number of carbonyl (C=O) groups excluding carboxylic acids is 1. The van der Waals surface area contributed by atoms with Crippen LogP contribution in [0.3, 0.4) is 0 Å². The van der Waals surface area contributed by atoms with E-state index in [4.69, 9.17) is 4.74 Å². The van der Waals surface area contributed by atoms with Gasteiger partial charge in [0.25, 0.3) is 0 Å². The summed E-state index contributed by atoms with van der Waals surface area (Å²) in [5.41, 5.74) is 1.74. The molecule has 0 saturated heterocycles. The van der Waals surface area contributed by atoms with Crippen LogP contribution < -0.4 is 4.74 Å². The Labute approximate surface area is 181 Å². The zero-order valence-corrected chi connectivity index (χ0v) is 18.6. The Morgan fingerprint density at radius 2 is 1.60 bits per heavy atom. The monoisotopic (exact) mass is 411 g/mol. The number of nitrogens with zero attached hydrogens (tertiary/aromatic N) is 1. The Morgan fingerprint density at radius 1 is 0.967 bits per heavy atom. The lowest BCUT2D eigenvalue weighted by Crippen LogP contribution is -2.37. The molecule has 4 heteroatoms. The van der Waals surface area contributed by atoms with Crippen molar-refractivity contribution < 1.29 is 14.6 Å². The van der Waals surface area contributed by atoms with Gasteiger partial charge in [0, 0.05) is 13.0 Å². The molecule has 1 N–H and O–H groups in total. The fourth-order valence-electron chi connectivity index (χ4n) is 3.45. The molecule has 0 amide bonds. The lowest BCUT2D eigenvalue weighted by atomic mass is 10.0. The van der Waals surface area contributed by atoms with E-state index >= 15 is 0 Å². The van der Waals surface area contributed by atoms with E-state index < -0.39 is 6.10 Å². The molecule has 0 aliphatic rings. The SMILES string of the molecule is CCCCN(CCCC)CC(O)COc1ccccc1C(=O)CCc1ccccc1. The smallest absolute Gasteiger partial charge is 0.166 e. The molecule has 0 heterocycles. The van der Waals surface area contributed by atoms with Crippen LogP contribution in [0.15, 0.2) is 54.6 Å². The van der Waals surface area contributed by atoms with Crippen LogP contribution in [-0.4, -0.2) is 48.1 Å². The summed E-state index contributed by atoms with van der Waals surface area (Å²) < 4.78 is 5.88. The van der Waals surface area contributed by atoms with Crippen molar-refractivity contribution in [3.8, 4) is 5.75 Å². The maximum Gasteiger partial charge on any atom is 0.166 e. The van der Waals surface area contributed by atoms with E-state index in [1.807, 2.05) is 54.6 Å². The van der Waals surface area contributed by atoms with Crippen LogP contribution in [0.4, 0.5) is 0 Å². The van der Waals surface area contributed by atoms with Gasteiger partial charge in [-0.1, -0.05) is 69.2 Å². The zero-order chi connectivity index (χ0) is 21.6. The van der Waals surface area contributed by atoms with Crippen molar-refractivity contribution in [3.63, 3.8) is 0 Å². The highest BCUT2D eigenvalue weighted by Crippen LogP contribution is 2.21. The van der Waals surface area contributed by atoms with E-state index in [-0.39, 0.29) is 12.4 Å². The standard InChI is InChI=1S/C26H37NO3/c1-3-5-18-27(19-6-4-2)20-23(28)21-30-26-15-11-10-14-24(26)25(29)17-16-22-12-8-7-9-13-22/h7-15,23,28H,3-6,16-21H2,1-2H3. The first-order valence-corrected chi connectivity index (χ1v) is 11.3. The molecule has 2 aromatic carbocycles. The highest BCUT2D eigenvalue weighted by Gasteiger charge is 2.16. The van der Waals surface area contributed by atoms with Gasteiger partial charge in [0.15, 0.2) is 5.78 Å². The Bertz CT molecular complexity index is 724. The number of rotatable bonds is 15. The third kappa shape index (κ3) is 8.68. The van der Waals surface area contributed by atoms with Crippen LogP contribution in [-0.2, 0) is 6.42 Å². The highest BCUT2D eigenvalue weighted by molar-refractivity contribution is 5.98. The van der Waals surface area contributed by atoms with E-state index in [1.54, 1.807) is 0 Å². The summed E-state index contributed by atoms with van der Waals surface area (Å²) in [6, 6.07) is 17.4. The fraction of sp³-hybridized carbons (Fsp3) is 0.500. The second-order valence-electron chi connectivity index (χ2n) is 7.88. The number of Topliss-reactive ketones (excluding diaryl/α,β-unsaturated/α-hetero) is 1. The molecule has 2 rings (SSSR count). The molecule has 0 spiro atoms. The molecule has 0 saturated carbocycles. The highest BCUT2D eigenvalue weighted by atomic mass is 16.5. The molecule has 4 nitrogen and oxygen atoms in total. The minimum atomic E-state index is -0.578. The molecule has 2 aromatic rings. The second kappa shape index (κ2) is 13.9. The van der Waals surface area contributed by atoms with Crippen molar-refractivity contribution in [1.82, 2.24) is 4.90 Å². The molecular weight excluding hydrogens is 374 g/mol. The first kappa shape index (κ1) is 24.1. The summed E-state index contributed by atoms with van der Waals surface area (Å²) >= 11 is 0. The third-order valence-corrected chi connectivity index (χ3v) is 5.23. The lowest BCUT2D eigenvalue weighted by Gasteiger charge is -2.25. The number of carbonyl (C=O) groups is 1. The molecule has 0 fully saturated rings. The molecule has 0 aliphatic heterocycles. The summed E-state index contributed by atoms with van der Waals surface area (Å²) in [7, 11) is 0. The second-order valence-corrected chi connectivity index (χ2v) is 7.88. The number of benzene rings is 2. The Morgan fingerprint density at radius 3 is 2.27 bits per heavy atom. The molecule has 0 aliphatic carbocycles. The summed E-state index contributed by atoms with van der Waals surface area (Å²) in [6.45, 7) is 7.17. The van der Waals surface area contributed by atoms with Gasteiger partial charge in [-0.15, -0.1) is 0 Å². The van der Waals surface area contributed by atoms with Gasteiger partial charge in [0.1, 0.15) is 18.5 Å². The van der Waals surface area contributed by atoms with Gasteiger partial charge in [-0.05, 0) is 50.0 Å². The predicted molar refractivity (Wildman–Crippen MR) is 123 cm³/mol. The number of aliphatic hydroxyl groups excluding tert-OH is 1. The van der Waals surface area contributed by atoms with Crippen LogP contribution in [0.2, 0.25) is 0 Å². The summed E-state index contributed by atoms with van der Waals surface area (Å²) in [5.74, 6) is 0.625. The Balaban J connectivity index is 1.89. The van der Waals surface area contributed by atoms with E-state index in [9.17, 15) is 9.90 Å². The van der Waals surface area contributed by atoms with Gasteiger partial charge in [-0.3, -0.25) is 4.79 Å². The Hall–Kier alpha value is -2.17. The van der Waals surface area contributed by atoms with E-state index in [2.05, 4.69) is 18.7 Å². The maximum absolute atomic E-state index is 12.7. The zero-order valence-electron chi connectivity index (χ0n) is 18.6. The van der Waals surface area contributed by atoms with Crippen molar-refractivity contribution in [2.24, 2.45) is 0 Å². The molecule has 0 aromatic heterocycles. The number of hydrogen-bond acceptors (Lipinski definition) is 4. The van der Waals surface area contributed by atoms with Crippen molar-refractivity contribution >= 4 is 5.78 Å². The number of unbranched alkanes of at least 4 members (excludes halogenated alkanes) is 2. The average molecular weight is 412 g/mol. The molecule has 1 atom stereocenters. The number of ketones is 1. The lowest BCUT2D eigenvalue weighted by molar-refractivity contribution is 0.0663. The Kier molecular flexibility index (Phi) is 11.2. The van der Waals surface area contributed by atoms with Crippen molar-refractivity contribution in [2.75, 3.05) is 26.2 Å². The normalized spacial score (nSPS) is 12.1. The molecule has 0 bridgehead atoms.